The maximum absolute atomic E-state index is 10.2. The zero-order valence-electron chi connectivity index (χ0n) is 14.6. The van der Waals surface area contributed by atoms with Crippen LogP contribution in [0.15, 0.2) is 0 Å². The van der Waals surface area contributed by atoms with Gasteiger partial charge in [-0.15, -0.1) is 0 Å². The second-order valence-electron chi connectivity index (χ2n) is 9.33. The minimum atomic E-state index is -0.342. The zero-order valence-corrected chi connectivity index (χ0v) is 14.6. The molecule has 23 heavy (non-hydrogen) atoms. The molecule has 1 atom stereocenters. The molecule has 0 amide bonds. The average molecular weight is 322 g/mol. The molecule has 0 saturated heterocycles. The van der Waals surface area contributed by atoms with Crippen molar-refractivity contribution in [1.29, 1.82) is 0 Å². The first-order valence-electron chi connectivity index (χ1n) is 10.2. The van der Waals surface area contributed by atoms with Crippen LogP contribution in [0.25, 0.3) is 0 Å². The van der Waals surface area contributed by atoms with E-state index >= 15 is 0 Å². The van der Waals surface area contributed by atoms with Gasteiger partial charge in [0.2, 0.25) is 0 Å². The molecule has 3 nitrogen and oxygen atoms in total. The van der Waals surface area contributed by atoms with Crippen molar-refractivity contribution in [1.82, 2.24) is 5.32 Å². The second-order valence-corrected chi connectivity index (χ2v) is 9.33. The van der Waals surface area contributed by atoms with E-state index in [1.807, 2.05) is 0 Å². The Morgan fingerprint density at radius 3 is 2.17 bits per heavy atom. The number of aliphatic hydroxyl groups excluding tert-OH is 1. The van der Waals surface area contributed by atoms with Crippen LogP contribution < -0.4 is 5.32 Å². The zero-order chi connectivity index (χ0) is 15.7. The molecule has 0 aromatic rings. The second kappa shape index (κ2) is 7.01. The Morgan fingerprint density at radius 1 is 0.957 bits per heavy atom. The van der Waals surface area contributed by atoms with Crippen molar-refractivity contribution in [2.45, 2.75) is 82.8 Å². The fraction of sp³-hybridized carbons (Fsp3) is 1.00. The molecule has 0 unspecified atom stereocenters. The molecule has 0 aliphatic heterocycles. The number of nitrogens with one attached hydrogen (secondary N) is 1. The number of aliphatic hydroxyl groups is 1. The first-order chi connectivity index (χ1) is 11.2. The lowest BCUT2D eigenvalue weighted by Gasteiger charge is -2.56. The number of hydrogen-bond donors (Lipinski definition) is 2. The molecule has 5 aliphatic carbocycles. The third-order valence-corrected chi connectivity index (χ3v) is 7.13. The predicted octanol–water partition coefficient (Wildman–Crippen LogP) is 3.50. The Balaban J connectivity index is 1.17. The monoisotopic (exact) mass is 321 g/mol. The van der Waals surface area contributed by atoms with Crippen molar-refractivity contribution in [3.8, 4) is 0 Å². The molecule has 0 aromatic carbocycles. The van der Waals surface area contributed by atoms with Gasteiger partial charge in [-0.1, -0.05) is 19.3 Å². The van der Waals surface area contributed by atoms with E-state index in [-0.39, 0.29) is 6.10 Å². The Bertz CT molecular complexity index is 356. The normalized spacial score (nSPS) is 41.3. The average Bonchev–Trinajstić information content (AvgIpc) is 2.52. The molecular weight excluding hydrogens is 286 g/mol. The third kappa shape index (κ3) is 3.93. The summed E-state index contributed by atoms with van der Waals surface area (Å²) < 4.78 is 6.03. The van der Waals surface area contributed by atoms with Gasteiger partial charge in [0, 0.05) is 12.6 Å². The number of ether oxygens (including phenoxy) is 1. The molecule has 0 radical (unpaired) electrons. The summed E-state index contributed by atoms with van der Waals surface area (Å²) >= 11 is 0. The van der Waals surface area contributed by atoms with Gasteiger partial charge in [-0.05, 0) is 74.5 Å². The maximum atomic E-state index is 10.2. The molecule has 5 aliphatic rings. The highest BCUT2D eigenvalue weighted by Gasteiger charge is 2.50. The van der Waals surface area contributed by atoms with Crippen LogP contribution >= 0.6 is 0 Å². The van der Waals surface area contributed by atoms with Gasteiger partial charge in [0.05, 0.1) is 19.3 Å². The van der Waals surface area contributed by atoms with E-state index in [1.165, 1.54) is 70.6 Å². The Hall–Kier alpha value is -0.120. The molecule has 0 heterocycles. The van der Waals surface area contributed by atoms with Crippen molar-refractivity contribution < 1.29 is 9.84 Å². The maximum Gasteiger partial charge on any atom is 0.0897 e. The fourth-order valence-electron chi connectivity index (χ4n) is 6.55. The Kier molecular flexibility index (Phi) is 4.99. The molecule has 3 heteroatoms. The first-order valence-corrected chi connectivity index (χ1v) is 10.2. The summed E-state index contributed by atoms with van der Waals surface area (Å²) in [5, 5.41) is 13.7. The summed E-state index contributed by atoms with van der Waals surface area (Å²) in [4.78, 5) is 0. The largest absolute Gasteiger partial charge is 0.389 e. The first kappa shape index (κ1) is 16.4. The van der Waals surface area contributed by atoms with Crippen LogP contribution in [0, 0.1) is 23.2 Å². The van der Waals surface area contributed by atoms with E-state index in [1.54, 1.807) is 0 Å². The van der Waals surface area contributed by atoms with E-state index in [0.29, 0.717) is 24.6 Å². The van der Waals surface area contributed by atoms with Crippen LogP contribution in [0.2, 0.25) is 0 Å². The Morgan fingerprint density at radius 2 is 1.57 bits per heavy atom. The lowest BCUT2D eigenvalue weighted by Crippen LogP contribution is -2.48. The third-order valence-electron chi connectivity index (χ3n) is 7.13. The standard InChI is InChI=1S/C20H35NO2/c22-19(12-21-18-4-2-1-3-5-18)13-23-14-20-9-15-6-16(10-20)8-17(7-15)11-20/h15-19,21-22H,1-14H2/t15?,16?,17?,19-,20?/m1/s1. The van der Waals surface area contributed by atoms with Crippen molar-refractivity contribution in [2.75, 3.05) is 19.8 Å². The van der Waals surface area contributed by atoms with Gasteiger partial charge in [-0.25, -0.2) is 0 Å². The number of rotatable bonds is 7. The van der Waals surface area contributed by atoms with E-state index in [9.17, 15) is 5.11 Å². The van der Waals surface area contributed by atoms with E-state index in [0.717, 1.165) is 24.4 Å². The van der Waals surface area contributed by atoms with Gasteiger partial charge < -0.3 is 15.2 Å². The predicted molar refractivity (Wildman–Crippen MR) is 92.3 cm³/mol. The lowest BCUT2D eigenvalue weighted by molar-refractivity contribution is -0.105. The number of hydrogen-bond acceptors (Lipinski definition) is 3. The van der Waals surface area contributed by atoms with Crippen molar-refractivity contribution in [3.63, 3.8) is 0 Å². The molecular formula is C20H35NO2. The molecule has 0 aromatic heterocycles. The summed E-state index contributed by atoms with van der Waals surface area (Å²) in [5.74, 6) is 2.97. The van der Waals surface area contributed by atoms with Crippen LogP contribution in [-0.2, 0) is 4.74 Å². The summed E-state index contributed by atoms with van der Waals surface area (Å²) in [6.07, 6.45) is 15.0. The van der Waals surface area contributed by atoms with Crippen LogP contribution in [0.4, 0.5) is 0 Å². The molecule has 0 spiro atoms. The van der Waals surface area contributed by atoms with Gasteiger partial charge in [0.1, 0.15) is 0 Å². The summed E-state index contributed by atoms with van der Waals surface area (Å²) in [7, 11) is 0. The quantitative estimate of drug-likeness (QED) is 0.754. The minimum absolute atomic E-state index is 0.342. The molecule has 5 fully saturated rings. The topological polar surface area (TPSA) is 41.5 Å². The van der Waals surface area contributed by atoms with Crippen molar-refractivity contribution in [2.24, 2.45) is 23.2 Å². The van der Waals surface area contributed by atoms with Crippen LogP contribution in [0.5, 0.6) is 0 Å². The summed E-state index contributed by atoms with van der Waals surface area (Å²) in [5.41, 5.74) is 0.477. The minimum Gasteiger partial charge on any atom is -0.389 e. The molecule has 4 bridgehead atoms. The van der Waals surface area contributed by atoms with E-state index in [2.05, 4.69) is 5.32 Å². The molecule has 2 N–H and O–H groups in total. The smallest absolute Gasteiger partial charge is 0.0897 e. The van der Waals surface area contributed by atoms with Crippen molar-refractivity contribution >= 4 is 0 Å². The van der Waals surface area contributed by atoms with Gasteiger partial charge in [0.15, 0.2) is 0 Å². The Labute approximate surface area is 141 Å². The van der Waals surface area contributed by atoms with E-state index in [4.69, 9.17) is 4.74 Å². The van der Waals surface area contributed by atoms with Crippen LogP contribution in [0.1, 0.15) is 70.6 Å². The highest BCUT2D eigenvalue weighted by Crippen LogP contribution is 2.60. The highest BCUT2D eigenvalue weighted by molar-refractivity contribution is 5.01. The van der Waals surface area contributed by atoms with Crippen LogP contribution in [0.3, 0.4) is 0 Å². The molecule has 132 valence electrons. The fourth-order valence-corrected chi connectivity index (χ4v) is 6.55. The van der Waals surface area contributed by atoms with Gasteiger partial charge in [0.25, 0.3) is 0 Å². The van der Waals surface area contributed by atoms with Crippen LogP contribution in [-0.4, -0.2) is 37.0 Å². The van der Waals surface area contributed by atoms with Gasteiger partial charge in [-0.2, -0.15) is 0 Å². The van der Waals surface area contributed by atoms with E-state index < -0.39 is 0 Å². The van der Waals surface area contributed by atoms with Gasteiger partial charge >= 0.3 is 0 Å². The highest BCUT2D eigenvalue weighted by atomic mass is 16.5. The summed E-state index contributed by atoms with van der Waals surface area (Å²) in [6.45, 7) is 2.12. The van der Waals surface area contributed by atoms with Crippen molar-refractivity contribution in [3.05, 3.63) is 0 Å². The molecule has 5 rings (SSSR count). The van der Waals surface area contributed by atoms with Gasteiger partial charge in [-0.3, -0.25) is 0 Å². The molecule has 5 saturated carbocycles. The SMILES string of the molecule is O[C@H](CNC1CCCCC1)COCC12CC3CC(CC(C3)C1)C2. The lowest BCUT2D eigenvalue weighted by atomic mass is 9.50. The summed E-state index contributed by atoms with van der Waals surface area (Å²) in [6, 6.07) is 0.626.